The second kappa shape index (κ2) is 6.37. The van der Waals surface area contributed by atoms with Crippen LogP contribution in [0.25, 0.3) is 0 Å². The highest BCUT2D eigenvalue weighted by Gasteiger charge is 2.18. The van der Waals surface area contributed by atoms with Crippen LogP contribution in [0.1, 0.15) is 23.5 Å². The maximum absolute atomic E-state index is 12.1. The van der Waals surface area contributed by atoms with Gasteiger partial charge in [-0.1, -0.05) is 11.6 Å². The van der Waals surface area contributed by atoms with Gasteiger partial charge in [-0.15, -0.1) is 22.9 Å². The molecule has 0 aliphatic carbocycles. The predicted octanol–water partition coefficient (Wildman–Crippen LogP) is 4.28. The number of hydrogen-bond acceptors (Lipinski definition) is 3. The van der Waals surface area contributed by atoms with E-state index in [0.29, 0.717) is 10.9 Å². The Morgan fingerprint density at radius 2 is 2.11 bits per heavy atom. The van der Waals surface area contributed by atoms with Gasteiger partial charge in [0, 0.05) is 16.1 Å². The number of rotatable bonds is 4. The molecule has 19 heavy (non-hydrogen) atoms. The van der Waals surface area contributed by atoms with Crippen LogP contribution in [0.3, 0.4) is 0 Å². The molecule has 1 unspecified atom stereocenters. The van der Waals surface area contributed by atoms with Crippen molar-refractivity contribution in [3.8, 4) is 0 Å². The Bertz CT molecular complexity index is 568. The second-order valence-electron chi connectivity index (χ2n) is 4.03. The molecule has 2 rings (SSSR count). The lowest BCUT2D eigenvalue weighted by Crippen LogP contribution is -2.18. The first-order valence-electron chi connectivity index (χ1n) is 5.67. The molecule has 0 aliphatic heterocycles. The maximum Gasteiger partial charge on any atom is 0.234 e. The summed E-state index contributed by atoms with van der Waals surface area (Å²) in [5, 5.41) is 6.10. The Morgan fingerprint density at radius 3 is 2.68 bits per heavy atom. The second-order valence-corrected chi connectivity index (χ2v) is 5.62. The molecule has 0 fully saturated rings. The fraction of sp³-hybridized carbons (Fsp3) is 0.231. The van der Waals surface area contributed by atoms with E-state index in [2.05, 4.69) is 10.3 Å². The molecule has 0 saturated carbocycles. The third-order valence-corrected chi connectivity index (χ3v) is 4.18. The molecule has 1 N–H and O–H groups in total. The van der Waals surface area contributed by atoms with Crippen LogP contribution in [0.2, 0.25) is 5.02 Å². The lowest BCUT2D eigenvalue weighted by Gasteiger charge is -2.09. The SMILES string of the molecule is CC(C(=O)Nc1ccc(Cl)cc1)c1nc(CCl)cs1. The van der Waals surface area contributed by atoms with Crippen molar-refractivity contribution in [3.63, 3.8) is 0 Å². The minimum atomic E-state index is -0.308. The minimum Gasteiger partial charge on any atom is -0.325 e. The van der Waals surface area contributed by atoms with E-state index in [9.17, 15) is 4.79 Å². The highest BCUT2D eigenvalue weighted by atomic mass is 35.5. The number of benzene rings is 1. The number of hydrogen-bond donors (Lipinski definition) is 1. The van der Waals surface area contributed by atoms with Crippen molar-refractivity contribution in [2.24, 2.45) is 0 Å². The molecule has 3 nitrogen and oxygen atoms in total. The third kappa shape index (κ3) is 3.69. The van der Waals surface area contributed by atoms with E-state index in [1.54, 1.807) is 24.3 Å². The van der Waals surface area contributed by atoms with Gasteiger partial charge in [-0.05, 0) is 31.2 Å². The summed E-state index contributed by atoms with van der Waals surface area (Å²) in [6, 6.07) is 6.99. The van der Waals surface area contributed by atoms with Crippen LogP contribution in [0, 0.1) is 0 Å². The van der Waals surface area contributed by atoms with Crippen molar-refractivity contribution in [1.29, 1.82) is 0 Å². The van der Waals surface area contributed by atoms with Gasteiger partial charge in [0.2, 0.25) is 5.91 Å². The molecule has 1 heterocycles. The van der Waals surface area contributed by atoms with Gasteiger partial charge in [0.15, 0.2) is 0 Å². The number of nitrogens with zero attached hydrogens (tertiary/aromatic N) is 1. The normalized spacial score (nSPS) is 12.2. The monoisotopic (exact) mass is 314 g/mol. The standard InChI is InChI=1S/C13H12Cl2N2OS/c1-8(13-17-11(6-14)7-19-13)12(18)16-10-4-2-9(15)3-5-10/h2-5,7-8H,6H2,1H3,(H,16,18). The number of aromatic nitrogens is 1. The van der Waals surface area contributed by atoms with Crippen molar-refractivity contribution >= 4 is 46.1 Å². The van der Waals surface area contributed by atoms with Gasteiger partial charge in [-0.2, -0.15) is 0 Å². The summed E-state index contributed by atoms with van der Waals surface area (Å²) in [4.78, 5) is 16.4. The molecule has 0 spiro atoms. The number of alkyl halides is 1. The van der Waals surface area contributed by atoms with Crippen LogP contribution in [0.15, 0.2) is 29.6 Å². The molecule has 0 saturated heterocycles. The number of carbonyl (C=O) groups is 1. The van der Waals surface area contributed by atoms with Crippen molar-refractivity contribution < 1.29 is 4.79 Å². The Morgan fingerprint density at radius 1 is 1.42 bits per heavy atom. The lowest BCUT2D eigenvalue weighted by molar-refractivity contribution is -0.117. The number of thiazole rings is 1. The van der Waals surface area contributed by atoms with E-state index >= 15 is 0 Å². The molecule has 100 valence electrons. The van der Waals surface area contributed by atoms with Gasteiger partial charge in [0.05, 0.1) is 17.5 Å². The molecule has 2 aromatic rings. The summed E-state index contributed by atoms with van der Waals surface area (Å²) in [6.45, 7) is 1.82. The van der Waals surface area contributed by atoms with E-state index in [1.165, 1.54) is 11.3 Å². The van der Waals surface area contributed by atoms with Crippen LogP contribution < -0.4 is 5.32 Å². The number of anilines is 1. The predicted molar refractivity (Wildman–Crippen MR) is 80.2 cm³/mol. The number of halogens is 2. The zero-order chi connectivity index (χ0) is 13.8. The summed E-state index contributed by atoms with van der Waals surface area (Å²) in [5.41, 5.74) is 1.52. The van der Waals surface area contributed by atoms with E-state index in [0.717, 1.165) is 16.4 Å². The van der Waals surface area contributed by atoms with E-state index < -0.39 is 0 Å². The fourth-order valence-electron chi connectivity index (χ4n) is 1.48. The molecular formula is C13H12Cl2N2OS. The summed E-state index contributed by atoms with van der Waals surface area (Å²) >= 11 is 12.9. The molecule has 6 heteroatoms. The van der Waals surface area contributed by atoms with Crippen LogP contribution in [0.4, 0.5) is 5.69 Å². The topological polar surface area (TPSA) is 42.0 Å². The van der Waals surface area contributed by atoms with E-state index in [-0.39, 0.29) is 11.8 Å². The molecule has 1 amide bonds. The Labute approximate surface area is 125 Å². The van der Waals surface area contributed by atoms with Crippen molar-refractivity contribution in [3.05, 3.63) is 45.4 Å². The molecule has 1 aromatic carbocycles. The Kier molecular flexibility index (Phi) is 4.80. The first-order chi connectivity index (χ1) is 9.10. The average Bonchev–Trinajstić information content (AvgIpc) is 2.89. The Balaban J connectivity index is 2.04. The molecule has 1 aromatic heterocycles. The van der Waals surface area contributed by atoms with Crippen molar-refractivity contribution in [2.45, 2.75) is 18.7 Å². The van der Waals surface area contributed by atoms with Gasteiger partial charge >= 0.3 is 0 Å². The molecule has 0 radical (unpaired) electrons. The van der Waals surface area contributed by atoms with Gasteiger partial charge in [0.1, 0.15) is 5.01 Å². The number of amides is 1. The van der Waals surface area contributed by atoms with E-state index in [4.69, 9.17) is 23.2 Å². The van der Waals surface area contributed by atoms with Gasteiger partial charge in [0.25, 0.3) is 0 Å². The quantitative estimate of drug-likeness (QED) is 0.856. The van der Waals surface area contributed by atoms with Crippen molar-refractivity contribution in [2.75, 3.05) is 5.32 Å². The third-order valence-electron chi connectivity index (χ3n) is 2.58. The van der Waals surface area contributed by atoms with Gasteiger partial charge < -0.3 is 5.32 Å². The Hall–Kier alpha value is -1.10. The zero-order valence-corrected chi connectivity index (χ0v) is 12.5. The van der Waals surface area contributed by atoms with Gasteiger partial charge in [-0.25, -0.2) is 4.98 Å². The first-order valence-corrected chi connectivity index (χ1v) is 7.46. The number of carbonyl (C=O) groups excluding carboxylic acids is 1. The summed E-state index contributed by atoms with van der Waals surface area (Å²) in [5.74, 6) is -0.0439. The molecule has 0 aliphatic rings. The summed E-state index contributed by atoms with van der Waals surface area (Å²) in [7, 11) is 0. The van der Waals surface area contributed by atoms with Crippen molar-refractivity contribution in [1.82, 2.24) is 4.98 Å². The number of nitrogens with one attached hydrogen (secondary N) is 1. The van der Waals surface area contributed by atoms with Crippen LogP contribution in [-0.4, -0.2) is 10.9 Å². The average molecular weight is 315 g/mol. The first kappa shape index (κ1) is 14.3. The molecular weight excluding hydrogens is 303 g/mol. The lowest BCUT2D eigenvalue weighted by atomic mass is 10.1. The summed E-state index contributed by atoms with van der Waals surface area (Å²) in [6.07, 6.45) is 0. The summed E-state index contributed by atoms with van der Waals surface area (Å²) < 4.78 is 0. The molecule has 1 atom stereocenters. The minimum absolute atomic E-state index is 0.0993. The zero-order valence-electron chi connectivity index (χ0n) is 10.2. The maximum atomic E-state index is 12.1. The van der Waals surface area contributed by atoms with Crippen LogP contribution in [0.5, 0.6) is 0 Å². The molecule has 0 bridgehead atoms. The smallest absolute Gasteiger partial charge is 0.234 e. The highest BCUT2D eigenvalue weighted by Crippen LogP contribution is 2.23. The van der Waals surface area contributed by atoms with Gasteiger partial charge in [-0.3, -0.25) is 4.79 Å². The van der Waals surface area contributed by atoms with Crippen LogP contribution in [-0.2, 0) is 10.7 Å². The van der Waals surface area contributed by atoms with E-state index in [1.807, 2.05) is 12.3 Å². The van der Waals surface area contributed by atoms with Crippen LogP contribution >= 0.6 is 34.5 Å². The largest absolute Gasteiger partial charge is 0.325 e. The fourth-order valence-corrected chi connectivity index (χ4v) is 2.71. The highest BCUT2D eigenvalue weighted by molar-refractivity contribution is 7.09.